The molecule has 0 aliphatic carbocycles. The Labute approximate surface area is 145 Å². The van der Waals surface area contributed by atoms with Gasteiger partial charge < -0.3 is 14.8 Å². The first-order chi connectivity index (χ1) is 12.2. The molecule has 0 unspecified atom stereocenters. The third-order valence-electron chi connectivity index (χ3n) is 3.83. The number of benzene rings is 1. The van der Waals surface area contributed by atoms with Crippen molar-refractivity contribution in [3.8, 4) is 33.9 Å². The molecule has 0 saturated carbocycles. The summed E-state index contributed by atoms with van der Waals surface area (Å²) in [5, 5.41) is 3.25. The lowest BCUT2D eigenvalue weighted by atomic mass is 10.0. The largest absolute Gasteiger partial charge is 0.454 e. The van der Waals surface area contributed by atoms with Crippen LogP contribution in [0.15, 0.2) is 48.9 Å². The fourth-order valence-corrected chi connectivity index (χ4v) is 2.71. The monoisotopic (exact) mass is 334 g/mol. The maximum absolute atomic E-state index is 5.49. The topological polar surface area (TPSA) is 69.2 Å². The van der Waals surface area contributed by atoms with Crippen molar-refractivity contribution in [1.29, 1.82) is 0 Å². The Kier molecular flexibility index (Phi) is 3.93. The van der Waals surface area contributed by atoms with Crippen LogP contribution < -0.4 is 14.8 Å². The van der Waals surface area contributed by atoms with Crippen LogP contribution in [-0.2, 0) is 0 Å². The van der Waals surface area contributed by atoms with Crippen molar-refractivity contribution in [3.63, 3.8) is 0 Å². The molecule has 0 saturated heterocycles. The lowest BCUT2D eigenvalue weighted by molar-refractivity contribution is 0.174. The van der Waals surface area contributed by atoms with Gasteiger partial charge in [-0.25, -0.2) is 9.97 Å². The van der Waals surface area contributed by atoms with Gasteiger partial charge in [0.15, 0.2) is 11.5 Å². The summed E-state index contributed by atoms with van der Waals surface area (Å²) in [5.74, 6) is 2.09. The zero-order valence-corrected chi connectivity index (χ0v) is 14.1. The predicted molar refractivity (Wildman–Crippen MR) is 95.6 cm³/mol. The average molecular weight is 334 g/mol. The number of hydrogen-bond donors (Lipinski definition) is 1. The minimum Gasteiger partial charge on any atom is -0.454 e. The number of anilines is 1. The Hall–Kier alpha value is -3.15. The molecule has 6 heteroatoms. The van der Waals surface area contributed by atoms with Gasteiger partial charge in [0.05, 0.1) is 5.69 Å². The molecule has 1 aliphatic heterocycles. The van der Waals surface area contributed by atoms with E-state index < -0.39 is 0 Å². The van der Waals surface area contributed by atoms with Gasteiger partial charge in [-0.15, -0.1) is 0 Å². The molecular weight excluding hydrogens is 316 g/mol. The van der Waals surface area contributed by atoms with E-state index in [-0.39, 0.29) is 12.8 Å². The van der Waals surface area contributed by atoms with E-state index in [9.17, 15) is 0 Å². The summed E-state index contributed by atoms with van der Waals surface area (Å²) in [4.78, 5) is 13.4. The van der Waals surface area contributed by atoms with Crippen LogP contribution in [0.25, 0.3) is 22.4 Å². The van der Waals surface area contributed by atoms with Crippen molar-refractivity contribution in [2.24, 2.45) is 0 Å². The Bertz CT molecular complexity index is 897. The summed E-state index contributed by atoms with van der Waals surface area (Å²) in [7, 11) is 0. The number of nitrogens with one attached hydrogen (secondary N) is 1. The zero-order chi connectivity index (χ0) is 17.2. The zero-order valence-electron chi connectivity index (χ0n) is 14.1. The average Bonchev–Trinajstić information content (AvgIpc) is 3.09. The first-order valence-electron chi connectivity index (χ1n) is 8.15. The van der Waals surface area contributed by atoms with Crippen LogP contribution in [0.2, 0.25) is 0 Å². The van der Waals surface area contributed by atoms with Gasteiger partial charge in [0, 0.05) is 35.8 Å². The van der Waals surface area contributed by atoms with Crippen LogP contribution >= 0.6 is 0 Å². The number of ether oxygens (including phenoxy) is 2. The smallest absolute Gasteiger partial charge is 0.231 e. The summed E-state index contributed by atoms with van der Waals surface area (Å²) in [6.45, 7) is 4.36. The van der Waals surface area contributed by atoms with E-state index >= 15 is 0 Å². The van der Waals surface area contributed by atoms with Crippen LogP contribution in [0.1, 0.15) is 13.8 Å². The molecule has 2 aromatic heterocycles. The number of pyridine rings is 1. The molecule has 6 nitrogen and oxygen atoms in total. The third kappa shape index (κ3) is 3.10. The molecule has 0 spiro atoms. The summed E-state index contributed by atoms with van der Waals surface area (Å²) in [5.41, 5.74) is 3.65. The van der Waals surface area contributed by atoms with Gasteiger partial charge in [0.25, 0.3) is 0 Å². The van der Waals surface area contributed by atoms with Crippen molar-refractivity contribution < 1.29 is 9.47 Å². The second-order valence-electron chi connectivity index (χ2n) is 6.06. The highest BCUT2D eigenvalue weighted by Crippen LogP contribution is 2.38. The second-order valence-corrected chi connectivity index (χ2v) is 6.06. The molecule has 3 aromatic rings. The molecule has 1 N–H and O–H groups in total. The van der Waals surface area contributed by atoms with Crippen LogP contribution in [-0.4, -0.2) is 27.8 Å². The van der Waals surface area contributed by atoms with E-state index in [2.05, 4.69) is 29.1 Å². The van der Waals surface area contributed by atoms with Crippen LogP contribution in [0.4, 0.5) is 5.95 Å². The number of hydrogen-bond acceptors (Lipinski definition) is 6. The van der Waals surface area contributed by atoms with E-state index in [1.54, 1.807) is 12.4 Å². The Morgan fingerprint density at radius 1 is 1.04 bits per heavy atom. The standard InChI is InChI=1S/C19H18N4O2/c1-12(2)22-19-21-10-15(18(23-19)14-4-3-7-20-9-14)13-5-6-16-17(8-13)25-11-24-16/h3-10,12H,11H2,1-2H3,(H,21,22,23). The van der Waals surface area contributed by atoms with Crippen molar-refractivity contribution in [2.75, 3.05) is 12.1 Å². The molecule has 0 bridgehead atoms. The van der Waals surface area contributed by atoms with Gasteiger partial charge in [-0.1, -0.05) is 6.07 Å². The van der Waals surface area contributed by atoms with Gasteiger partial charge in [-0.2, -0.15) is 0 Å². The second kappa shape index (κ2) is 6.39. The molecule has 0 fully saturated rings. The number of aromatic nitrogens is 3. The Morgan fingerprint density at radius 2 is 1.92 bits per heavy atom. The van der Waals surface area contributed by atoms with Gasteiger partial charge in [0.2, 0.25) is 12.7 Å². The molecule has 3 heterocycles. The Morgan fingerprint density at radius 3 is 2.72 bits per heavy atom. The number of fused-ring (bicyclic) bond motifs is 1. The lowest BCUT2D eigenvalue weighted by Gasteiger charge is -2.13. The third-order valence-corrected chi connectivity index (χ3v) is 3.83. The predicted octanol–water partition coefficient (Wildman–Crippen LogP) is 3.75. The van der Waals surface area contributed by atoms with E-state index in [0.717, 1.165) is 33.9 Å². The SMILES string of the molecule is CC(C)Nc1ncc(-c2ccc3c(c2)OCO3)c(-c2cccnc2)n1. The van der Waals surface area contributed by atoms with E-state index in [1.165, 1.54) is 0 Å². The summed E-state index contributed by atoms with van der Waals surface area (Å²) < 4.78 is 10.9. The minimum absolute atomic E-state index is 0.248. The highest BCUT2D eigenvalue weighted by molar-refractivity contribution is 5.81. The van der Waals surface area contributed by atoms with E-state index in [4.69, 9.17) is 14.5 Å². The van der Waals surface area contributed by atoms with E-state index in [0.29, 0.717) is 5.95 Å². The minimum atomic E-state index is 0.248. The van der Waals surface area contributed by atoms with Gasteiger partial charge in [-0.05, 0) is 43.7 Å². The van der Waals surface area contributed by atoms with E-state index in [1.807, 2.05) is 36.5 Å². The maximum Gasteiger partial charge on any atom is 0.231 e. The molecule has 126 valence electrons. The fraction of sp³-hybridized carbons (Fsp3) is 0.211. The van der Waals surface area contributed by atoms with Crippen molar-refractivity contribution >= 4 is 5.95 Å². The normalized spacial score (nSPS) is 12.4. The number of nitrogens with zero attached hydrogens (tertiary/aromatic N) is 3. The molecule has 1 aliphatic rings. The van der Waals surface area contributed by atoms with Crippen LogP contribution in [0, 0.1) is 0 Å². The quantitative estimate of drug-likeness (QED) is 0.783. The summed E-state index contributed by atoms with van der Waals surface area (Å²) in [6, 6.07) is 9.99. The fourth-order valence-electron chi connectivity index (χ4n) is 2.71. The maximum atomic E-state index is 5.49. The molecule has 4 rings (SSSR count). The number of rotatable bonds is 4. The highest BCUT2D eigenvalue weighted by atomic mass is 16.7. The first kappa shape index (κ1) is 15.4. The molecule has 0 radical (unpaired) electrons. The van der Waals surface area contributed by atoms with Crippen molar-refractivity contribution in [2.45, 2.75) is 19.9 Å². The molecular formula is C19H18N4O2. The summed E-state index contributed by atoms with van der Waals surface area (Å²) >= 11 is 0. The first-order valence-corrected chi connectivity index (χ1v) is 8.15. The van der Waals surface area contributed by atoms with Crippen molar-refractivity contribution in [1.82, 2.24) is 15.0 Å². The van der Waals surface area contributed by atoms with Crippen molar-refractivity contribution in [3.05, 3.63) is 48.9 Å². The highest BCUT2D eigenvalue weighted by Gasteiger charge is 2.17. The van der Waals surface area contributed by atoms with Gasteiger partial charge in [0.1, 0.15) is 0 Å². The van der Waals surface area contributed by atoms with Gasteiger partial charge >= 0.3 is 0 Å². The molecule has 0 amide bonds. The molecule has 25 heavy (non-hydrogen) atoms. The van der Waals surface area contributed by atoms with Gasteiger partial charge in [-0.3, -0.25) is 4.98 Å². The lowest BCUT2D eigenvalue weighted by Crippen LogP contribution is -2.13. The molecule has 1 aromatic carbocycles. The van der Waals surface area contributed by atoms with Crippen LogP contribution in [0.3, 0.4) is 0 Å². The molecule has 0 atom stereocenters. The summed E-state index contributed by atoms with van der Waals surface area (Å²) in [6.07, 6.45) is 5.38. The van der Waals surface area contributed by atoms with Crippen LogP contribution in [0.5, 0.6) is 11.5 Å². The Balaban J connectivity index is 1.84.